The van der Waals surface area contributed by atoms with Crippen LogP contribution in [-0.2, 0) is 9.53 Å². The molecule has 1 aromatic rings. The number of hydrogen-bond donors (Lipinski definition) is 1. The molecule has 4 nitrogen and oxygen atoms in total. The summed E-state index contributed by atoms with van der Waals surface area (Å²) in [5.74, 6) is 0.517. The molecule has 0 spiro atoms. The summed E-state index contributed by atoms with van der Waals surface area (Å²) in [4.78, 5) is 11.7. The summed E-state index contributed by atoms with van der Waals surface area (Å²) in [7, 11) is 3.27. The maximum absolute atomic E-state index is 11.7. The summed E-state index contributed by atoms with van der Waals surface area (Å²) >= 11 is 0. The van der Waals surface area contributed by atoms with Gasteiger partial charge in [-0.05, 0) is 12.5 Å². The fourth-order valence-electron chi connectivity index (χ4n) is 2.04. The monoisotopic (exact) mass is 230 g/mol. The number of rotatable bonds is 3. The largest absolute Gasteiger partial charge is 0.494 e. The summed E-state index contributed by atoms with van der Waals surface area (Å²) < 4.78 is 5.32. The predicted octanol–water partition coefficient (Wildman–Crippen LogP) is 1.57. The third kappa shape index (κ3) is 1.71. The molecule has 0 saturated carbocycles. The van der Waals surface area contributed by atoms with Crippen LogP contribution in [-0.4, -0.2) is 25.7 Å². The standard InChI is InChI=1S/C13H14N2O2/c1-8(16)11-9-6-4-5-7-10(9)12(15-14-2)13(11)17-3/h4-7,14H,1-3H3/b15-12-. The number of carbonyl (C=O) groups is 1. The van der Waals surface area contributed by atoms with Gasteiger partial charge in [0.25, 0.3) is 0 Å². The number of nitrogens with one attached hydrogen (secondary N) is 1. The SMILES string of the molecule is CN/N=C1\C(OC)=C(C(C)=O)c2ccccc21. The van der Waals surface area contributed by atoms with E-state index in [1.165, 1.54) is 6.92 Å². The second-order valence-electron chi connectivity index (χ2n) is 3.69. The highest BCUT2D eigenvalue weighted by molar-refractivity contribution is 6.35. The average Bonchev–Trinajstić information content (AvgIpc) is 2.64. The van der Waals surface area contributed by atoms with E-state index in [0.717, 1.165) is 11.1 Å². The zero-order chi connectivity index (χ0) is 12.4. The number of nitrogens with zero attached hydrogens (tertiary/aromatic N) is 1. The molecule has 0 aromatic heterocycles. The summed E-state index contributed by atoms with van der Waals surface area (Å²) in [5.41, 5.74) is 5.81. The number of benzene rings is 1. The van der Waals surface area contributed by atoms with Crippen LogP contribution in [0.25, 0.3) is 5.57 Å². The van der Waals surface area contributed by atoms with Crippen molar-refractivity contribution in [2.45, 2.75) is 6.92 Å². The van der Waals surface area contributed by atoms with E-state index in [1.807, 2.05) is 24.3 Å². The number of fused-ring (bicyclic) bond motifs is 1. The fourth-order valence-corrected chi connectivity index (χ4v) is 2.04. The van der Waals surface area contributed by atoms with E-state index >= 15 is 0 Å². The van der Waals surface area contributed by atoms with Gasteiger partial charge in [0.2, 0.25) is 0 Å². The molecule has 0 radical (unpaired) electrons. The lowest BCUT2D eigenvalue weighted by Crippen LogP contribution is -2.09. The minimum Gasteiger partial charge on any atom is -0.494 e. The van der Waals surface area contributed by atoms with Gasteiger partial charge in [0.05, 0.1) is 12.7 Å². The van der Waals surface area contributed by atoms with Gasteiger partial charge in [-0.1, -0.05) is 24.3 Å². The van der Waals surface area contributed by atoms with Crippen molar-refractivity contribution < 1.29 is 9.53 Å². The van der Waals surface area contributed by atoms with E-state index in [4.69, 9.17) is 4.74 Å². The van der Waals surface area contributed by atoms with Crippen LogP contribution in [0.5, 0.6) is 0 Å². The molecule has 4 heteroatoms. The molecule has 0 atom stereocenters. The Morgan fingerprint density at radius 1 is 1.29 bits per heavy atom. The highest BCUT2D eigenvalue weighted by Gasteiger charge is 2.31. The first-order valence-electron chi connectivity index (χ1n) is 5.34. The van der Waals surface area contributed by atoms with Crippen LogP contribution in [0.4, 0.5) is 0 Å². The molecule has 0 aliphatic heterocycles. The number of ketones is 1. The molecule has 0 heterocycles. The van der Waals surface area contributed by atoms with E-state index in [9.17, 15) is 4.79 Å². The fraction of sp³-hybridized carbons (Fsp3) is 0.231. The molecule has 0 fully saturated rings. The number of hydrogen-bond acceptors (Lipinski definition) is 4. The van der Waals surface area contributed by atoms with Gasteiger partial charge in [0.15, 0.2) is 11.5 Å². The summed E-state index contributed by atoms with van der Waals surface area (Å²) in [6.45, 7) is 1.54. The normalized spacial score (nSPS) is 16.1. The van der Waals surface area contributed by atoms with Gasteiger partial charge in [-0.3, -0.25) is 4.79 Å². The maximum atomic E-state index is 11.7. The number of methoxy groups -OCH3 is 1. The van der Waals surface area contributed by atoms with Crippen molar-refractivity contribution in [1.29, 1.82) is 0 Å². The van der Waals surface area contributed by atoms with Crippen LogP contribution < -0.4 is 5.43 Å². The van der Waals surface area contributed by atoms with Gasteiger partial charge in [-0.2, -0.15) is 5.10 Å². The molecule has 0 amide bonds. The lowest BCUT2D eigenvalue weighted by Gasteiger charge is -2.04. The maximum Gasteiger partial charge on any atom is 0.164 e. The van der Waals surface area contributed by atoms with Crippen molar-refractivity contribution in [2.75, 3.05) is 14.2 Å². The van der Waals surface area contributed by atoms with E-state index in [1.54, 1.807) is 14.2 Å². The van der Waals surface area contributed by atoms with Crippen molar-refractivity contribution in [3.05, 3.63) is 41.2 Å². The van der Waals surface area contributed by atoms with E-state index < -0.39 is 0 Å². The second kappa shape index (κ2) is 4.41. The molecule has 88 valence electrons. The molecule has 2 rings (SSSR count). The second-order valence-corrected chi connectivity index (χ2v) is 3.69. The lowest BCUT2D eigenvalue weighted by molar-refractivity contribution is -0.111. The van der Waals surface area contributed by atoms with Crippen LogP contribution in [0.1, 0.15) is 18.1 Å². The zero-order valence-electron chi connectivity index (χ0n) is 10.1. The van der Waals surface area contributed by atoms with Crippen molar-refractivity contribution in [3.63, 3.8) is 0 Å². The van der Waals surface area contributed by atoms with Crippen LogP contribution in [0.2, 0.25) is 0 Å². The van der Waals surface area contributed by atoms with Gasteiger partial charge in [-0.25, -0.2) is 0 Å². The van der Waals surface area contributed by atoms with Crippen molar-refractivity contribution in [1.82, 2.24) is 5.43 Å². The Morgan fingerprint density at radius 3 is 2.47 bits per heavy atom. The minimum atomic E-state index is -0.0180. The molecule has 17 heavy (non-hydrogen) atoms. The first kappa shape index (κ1) is 11.4. The quantitative estimate of drug-likeness (QED) is 0.802. The molecule has 1 aliphatic carbocycles. The number of ether oxygens (including phenoxy) is 1. The highest BCUT2D eigenvalue weighted by atomic mass is 16.5. The van der Waals surface area contributed by atoms with Gasteiger partial charge >= 0.3 is 0 Å². The number of hydrazone groups is 1. The first-order valence-corrected chi connectivity index (χ1v) is 5.34. The van der Waals surface area contributed by atoms with E-state index in [-0.39, 0.29) is 5.78 Å². The number of Topliss-reactive ketones (excluding diaryl/α,β-unsaturated/α-hetero) is 1. The van der Waals surface area contributed by atoms with Crippen LogP contribution in [0, 0.1) is 0 Å². The Balaban J connectivity index is 2.71. The van der Waals surface area contributed by atoms with Crippen molar-refractivity contribution in [3.8, 4) is 0 Å². The lowest BCUT2D eigenvalue weighted by atomic mass is 10.0. The molecular weight excluding hydrogens is 216 g/mol. The van der Waals surface area contributed by atoms with Crippen LogP contribution in [0.15, 0.2) is 35.1 Å². The van der Waals surface area contributed by atoms with Crippen molar-refractivity contribution >= 4 is 17.1 Å². The highest BCUT2D eigenvalue weighted by Crippen LogP contribution is 2.33. The smallest absolute Gasteiger partial charge is 0.164 e. The Bertz CT molecular complexity index is 530. The van der Waals surface area contributed by atoms with E-state index in [2.05, 4.69) is 10.5 Å². The first-order chi connectivity index (χ1) is 8.20. The summed E-state index contributed by atoms with van der Waals surface area (Å²) in [6, 6.07) is 7.65. The molecule has 1 aliphatic rings. The molecule has 0 saturated heterocycles. The van der Waals surface area contributed by atoms with Gasteiger partial charge < -0.3 is 10.2 Å². The van der Waals surface area contributed by atoms with Gasteiger partial charge in [-0.15, -0.1) is 0 Å². The average molecular weight is 230 g/mol. The number of carbonyl (C=O) groups excluding carboxylic acids is 1. The molecule has 0 bridgehead atoms. The molecule has 1 aromatic carbocycles. The Hall–Kier alpha value is -2.10. The van der Waals surface area contributed by atoms with Crippen LogP contribution >= 0.6 is 0 Å². The summed E-state index contributed by atoms with van der Waals surface area (Å²) in [5, 5.41) is 4.18. The summed E-state index contributed by atoms with van der Waals surface area (Å²) in [6.07, 6.45) is 0. The third-order valence-corrected chi connectivity index (χ3v) is 2.67. The molecule has 0 unspecified atom stereocenters. The Morgan fingerprint density at radius 2 is 1.94 bits per heavy atom. The zero-order valence-corrected chi connectivity index (χ0v) is 10.1. The predicted molar refractivity (Wildman–Crippen MR) is 66.6 cm³/mol. The number of allylic oxidation sites excluding steroid dienone is 2. The van der Waals surface area contributed by atoms with E-state index in [0.29, 0.717) is 17.0 Å². The van der Waals surface area contributed by atoms with Gasteiger partial charge in [0.1, 0.15) is 5.71 Å². The topological polar surface area (TPSA) is 50.7 Å². The molecular formula is C13H14N2O2. The van der Waals surface area contributed by atoms with Gasteiger partial charge in [0, 0.05) is 12.6 Å². The molecule has 1 N–H and O–H groups in total. The Labute approximate surface area is 100.0 Å². The van der Waals surface area contributed by atoms with Crippen molar-refractivity contribution in [2.24, 2.45) is 5.10 Å². The Kier molecular flexibility index (Phi) is 2.95. The third-order valence-electron chi connectivity index (χ3n) is 2.67. The minimum absolute atomic E-state index is 0.0180. The van der Waals surface area contributed by atoms with Crippen LogP contribution in [0.3, 0.4) is 0 Å².